The second-order valence-corrected chi connectivity index (χ2v) is 6.41. The molecule has 2 fully saturated rings. The summed E-state index contributed by atoms with van der Waals surface area (Å²) < 4.78 is 0. The second-order valence-electron chi connectivity index (χ2n) is 6.41. The van der Waals surface area contributed by atoms with Crippen LogP contribution in [0, 0.1) is 5.41 Å². The quantitative estimate of drug-likeness (QED) is 0.793. The van der Waals surface area contributed by atoms with Gasteiger partial charge in [-0.1, -0.05) is 43.7 Å². The predicted molar refractivity (Wildman–Crippen MR) is 76.8 cm³/mol. The lowest BCUT2D eigenvalue weighted by molar-refractivity contribution is 0.266. The Balaban J connectivity index is 1.41. The minimum Gasteiger partial charge on any atom is -0.313 e. The van der Waals surface area contributed by atoms with Gasteiger partial charge in [0.05, 0.1) is 0 Å². The lowest BCUT2D eigenvalue weighted by atomic mass is 9.75. The average Bonchev–Trinajstić information content (AvgIpc) is 3.09. The maximum absolute atomic E-state index is 3.81. The third-order valence-corrected chi connectivity index (χ3v) is 4.91. The molecular weight excluding hydrogens is 218 g/mol. The minimum absolute atomic E-state index is 0.701. The van der Waals surface area contributed by atoms with E-state index in [9.17, 15) is 0 Å². The topological polar surface area (TPSA) is 12.0 Å². The molecule has 2 aliphatic carbocycles. The molecule has 1 aromatic rings. The molecule has 18 heavy (non-hydrogen) atoms. The zero-order valence-corrected chi connectivity index (χ0v) is 11.5. The average molecular weight is 243 g/mol. The zero-order valence-electron chi connectivity index (χ0n) is 11.5. The van der Waals surface area contributed by atoms with Gasteiger partial charge in [0.1, 0.15) is 0 Å². The van der Waals surface area contributed by atoms with Crippen molar-refractivity contribution in [2.75, 3.05) is 6.54 Å². The van der Waals surface area contributed by atoms with E-state index in [-0.39, 0.29) is 0 Å². The SMILES string of the molecule is CCCC1(CNC2CC(c3ccccc3)C2)CC1. The Morgan fingerprint density at radius 1 is 1.17 bits per heavy atom. The smallest absolute Gasteiger partial charge is 0.00789 e. The number of nitrogens with one attached hydrogen (secondary N) is 1. The molecule has 0 atom stereocenters. The van der Waals surface area contributed by atoms with Crippen molar-refractivity contribution in [3.05, 3.63) is 35.9 Å². The minimum atomic E-state index is 0.701. The van der Waals surface area contributed by atoms with Gasteiger partial charge in [-0.25, -0.2) is 0 Å². The fourth-order valence-electron chi connectivity index (χ4n) is 3.37. The fraction of sp³-hybridized carbons (Fsp3) is 0.647. The van der Waals surface area contributed by atoms with E-state index in [2.05, 4.69) is 42.6 Å². The Labute approximate surface area is 111 Å². The van der Waals surface area contributed by atoms with Crippen molar-refractivity contribution >= 4 is 0 Å². The summed E-state index contributed by atoms with van der Waals surface area (Å²) >= 11 is 0. The van der Waals surface area contributed by atoms with Crippen LogP contribution in [-0.4, -0.2) is 12.6 Å². The Morgan fingerprint density at radius 3 is 2.50 bits per heavy atom. The molecule has 1 nitrogen and oxygen atoms in total. The highest BCUT2D eigenvalue weighted by atomic mass is 15.0. The van der Waals surface area contributed by atoms with Crippen molar-refractivity contribution in [3.63, 3.8) is 0 Å². The van der Waals surface area contributed by atoms with Gasteiger partial charge in [0, 0.05) is 12.6 Å². The summed E-state index contributed by atoms with van der Waals surface area (Å²) in [4.78, 5) is 0. The molecule has 0 heterocycles. The molecule has 0 unspecified atom stereocenters. The molecule has 0 aliphatic heterocycles. The highest BCUT2D eigenvalue weighted by Gasteiger charge is 2.42. The third kappa shape index (κ3) is 2.61. The van der Waals surface area contributed by atoms with Crippen molar-refractivity contribution in [1.29, 1.82) is 0 Å². The molecular formula is C17H25N. The lowest BCUT2D eigenvalue weighted by Gasteiger charge is -2.37. The lowest BCUT2D eigenvalue weighted by Crippen LogP contribution is -2.42. The van der Waals surface area contributed by atoms with Crippen molar-refractivity contribution in [1.82, 2.24) is 5.32 Å². The van der Waals surface area contributed by atoms with E-state index in [1.54, 1.807) is 0 Å². The van der Waals surface area contributed by atoms with Gasteiger partial charge in [0.2, 0.25) is 0 Å². The fourth-order valence-corrected chi connectivity index (χ4v) is 3.37. The first kappa shape index (κ1) is 12.2. The number of hydrogen-bond donors (Lipinski definition) is 1. The summed E-state index contributed by atoms with van der Waals surface area (Å²) in [6, 6.07) is 11.8. The first-order valence-corrected chi connectivity index (χ1v) is 7.60. The monoisotopic (exact) mass is 243 g/mol. The van der Waals surface area contributed by atoms with Crippen molar-refractivity contribution in [2.45, 2.75) is 57.4 Å². The van der Waals surface area contributed by atoms with E-state index in [1.165, 1.54) is 50.6 Å². The van der Waals surface area contributed by atoms with Gasteiger partial charge in [-0.3, -0.25) is 0 Å². The van der Waals surface area contributed by atoms with Crippen LogP contribution in [0.25, 0.3) is 0 Å². The van der Waals surface area contributed by atoms with Crippen LogP contribution in [-0.2, 0) is 0 Å². The van der Waals surface area contributed by atoms with Gasteiger partial charge >= 0.3 is 0 Å². The highest BCUT2D eigenvalue weighted by Crippen LogP contribution is 2.49. The van der Waals surface area contributed by atoms with E-state index in [0.29, 0.717) is 5.41 Å². The van der Waals surface area contributed by atoms with E-state index in [4.69, 9.17) is 0 Å². The van der Waals surface area contributed by atoms with Crippen molar-refractivity contribution in [3.8, 4) is 0 Å². The van der Waals surface area contributed by atoms with Crippen LogP contribution in [0.5, 0.6) is 0 Å². The summed E-state index contributed by atoms with van der Waals surface area (Å²) in [5.74, 6) is 0.810. The summed E-state index contributed by atoms with van der Waals surface area (Å²) in [6.07, 6.45) is 8.37. The molecule has 0 spiro atoms. The number of hydrogen-bond acceptors (Lipinski definition) is 1. The van der Waals surface area contributed by atoms with Gasteiger partial charge in [0.25, 0.3) is 0 Å². The zero-order chi connectivity index (χ0) is 12.4. The standard InChI is InChI=1S/C17H25N/c1-2-8-17(9-10-17)13-18-16-11-15(12-16)14-6-4-3-5-7-14/h3-7,15-16,18H,2,8-13H2,1H3. The van der Waals surface area contributed by atoms with Crippen LogP contribution < -0.4 is 5.32 Å². The summed E-state index contributed by atoms with van der Waals surface area (Å²) in [5, 5.41) is 3.81. The number of rotatable bonds is 6. The first-order chi connectivity index (χ1) is 8.81. The molecule has 2 aliphatic rings. The van der Waals surface area contributed by atoms with Crippen molar-refractivity contribution in [2.24, 2.45) is 5.41 Å². The van der Waals surface area contributed by atoms with E-state index < -0.39 is 0 Å². The Morgan fingerprint density at radius 2 is 1.89 bits per heavy atom. The molecule has 0 saturated heterocycles. The van der Waals surface area contributed by atoms with Gasteiger partial charge in [-0.2, -0.15) is 0 Å². The molecule has 1 aromatic carbocycles. The van der Waals surface area contributed by atoms with E-state index in [1.807, 2.05) is 0 Å². The molecule has 1 N–H and O–H groups in total. The maximum atomic E-state index is 3.81. The molecule has 98 valence electrons. The Hall–Kier alpha value is -0.820. The second kappa shape index (κ2) is 5.05. The van der Waals surface area contributed by atoms with Crippen LogP contribution >= 0.6 is 0 Å². The molecule has 3 rings (SSSR count). The summed E-state index contributed by atoms with van der Waals surface area (Å²) in [6.45, 7) is 3.59. The van der Waals surface area contributed by atoms with Gasteiger partial charge in [0.15, 0.2) is 0 Å². The van der Waals surface area contributed by atoms with Crippen LogP contribution in [0.1, 0.15) is 56.9 Å². The summed E-state index contributed by atoms with van der Waals surface area (Å²) in [7, 11) is 0. The van der Waals surface area contributed by atoms with E-state index >= 15 is 0 Å². The largest absolute Gasteiger partial charge is 0.313 e. The van der Waals surface area contributed by atoms with Crippen molar-refractivity contribution < 1.29 is 0 Å². The van der Waals surface area contributed by atoms with Crippen LogP contribution in [0.4, 0.5) is 0 Å². The molecule has 0 aromatic heterocycles. The Bertz CT molecular complexity index is 374. The third-order valence-electron chi connectivity index (χ3n) is 4.91. The van der Waals surface area contributed by atoms with Gasteiger partial charge < -0.3 is 5.32 Å². The molecule has 0 amide bonds. The first-order valence-electron chi connectivity index (χ1n) is 7.60. The van der Waals surface area contributed by atoms with E-state index in [0.717, 1.165) is 12.0 Å². The number of benzene rings is 1. The van der Waals surface area contributed by atoms with Crippen LogP contribution in [0.3, 0.4) is 0 Å². The molecule has 0 bridgehead atoms. The van der Waals surface area contributed by atoms with Gasteiger partial charge in [-0.05, 0) is 49.0 Å². The predicted octanol–water partition coefficient (Wildman–Crippen LogP) is 4.10. The van der Waals surface area contributed by atoms with Gasteiger partial charge in [-0.15, -0.1) is 0 Å². The normalized spacial score (nSPS) is 28.7. The maximum Gasteiger partial charge on any atom is 0.00789 e. The molecule has 0 radical (unpaired) electrons. The highest BCUT2D eigenvalue weighted by molar-refractivity contribution is 5.22. The summed E-state index contributed by atoms with van der Waals surface area (Å²) in [5.41, 5.74) is 2.23. The van der Waals surface area contributed by atoms with Crippen LogP contribution in [0.15, 0.2) is 30.3 Å². The molecule has 2 saturated carbocycles. The molecule has 1 heteroatoms. The van der Waals surface area contributed by atoms with Crippen LogP contribution in [0.2, 0.25) is 0 Å². The Kier molecular flexibility index (Phi) is 3.43.